The van der Waals surface area contributed by atoms with Crippen molar-refractivity contribution in [3.05, 3.63) is 95.6 Å². The van der Waals surface area contributed by atoms with Gasteiger partial charge < -0.3 is 30.4 Å². The van der Waals surface area contributed by atoms with E-state index in [2.05, 4.69) is 25.3 Å². The van der Waals surface area contributed by atoms with Crippen LogP contribution in [0.5, 0.6) is 5.75 Å². The van der Waals surface area contributed by atoms with Crippen molar-refractivity contribution in [1.29, 1.82) is 0 Å². The summed E-state index contributed by atoms with van der Waals surface area (Å²) in [4.78, 5) is 88.3. The van der Waals surface area contributed by atoms with Crippen molar-refractivity contribution in [2.24, 2.45) is 5.92 Å². The second-order valence-electron chi connectivity index (χ2n) is 16.5. The van der Waals surface area contributed by atoms with E-state index in [1.54, 1.807) is 36.4 Å². The average Bonchev–Trinajstić information content (AvgIpc) is 3.54. The number of fused-ring (bicyclic) bond motifs is 1. The zero-order valence-corrected chi connectivity index (χ0v) is 33.7. The van der Waals surface area contributed by atoms with Crippen LogP contribution in [0.1, 0.15) is 64.8 Å². The van der Waals surface area contributed by atoms with Gasteiger partial charge in [-0.25, -0.2) is 0 Å². The summed E-state index contributed by atoms with van der Waals surface area (Å²) in [6.45, 7) is 4.12. The largest absolute Gasteiger partial charge is 0.507 e. The Hall–Kier alpha value is -6.84. The number of benzene rings is 3. The third kappa shape index (κ3) is 7.18. The topological polar surface area (TPSA) is 203 Å². The van der Waals surface area contributed by atoms with Gasteiger partial charge in [0.15, 0.2) is 5.82 Å². The Bertz CT molecular complexity index is 2420. The normalized spacial score (nSPS) is 20.8. The minimum atomic E-state index is -1.03. The van der Waals surface area contributed by atoms with Crippen molar-refractivity contribution in [2.45, 2.75) is 50.0 Å². The lowest BCUT2D eigenvalue weighted by Gasteiger charge is -2.46. The summed E-state index contributed by atoms with van der Waals surface area (Å²) >= 11 is 0. The summed E-state index contributed by atoms with van der Waals surface area (Å²) in [5.41, 5.74) is 9.54. The Morgan fingerprint density at radius 1 is 0.705 bits per heavy atom. The predicted octanol–water partition coefficient (Wildman–Crippen LogP) is 2.96. The van der Waals surface area contributed by atoms with Gasteiger partial charge in [0, 0.05) is 75.9 Å². The first-order valence-corrected chi connectivity index (χ1v) is 20.9. The molecule has 0 spiro atoms. The number of carbonyl (C=O) groups excluding carboxylic acids is 6. The predicted molar refractivity (Wildman–Crippen MR) is 224 cm³/mol. The van der Waals surface area contributed by atoms with E-state index in [4.69, 9.17) is 5.73 Å². The molecule has 1 atom stereocenters. The summed E-state index contributed by atoms with van der Waals surface area (Å²) in [7, 11) is 0. The molecular formula is C45H47N9O7. The van der Waals surface area contributed by atoms with Gasteiger partial charge in [-0.15, -0.1) is 10.2 Å². The number of aromatic nitrogens is 2. The van der Waals surface area contributed by atoms with Gasteiger partial charge in [0.1, 0.15) is 11.8 Å². The quantitative estimate of drug-likeness (QED) is 0.231. The monoisotopic (exact) mass is 825 g/mol. The van der Waals surface area contributed by atoms with Gasteiger partial charge in [0.25, 0.3) is 11.8 Å². The second-order valence-corrected chi connectivity index (χ2v) is 16.5. The summed E-state index contributed by atoms with van der Waals surface area (Å²) in [6, 6.07) is 22.8. The Balaban J connectivity index is 0.815. The third-order valence-electron chi connectivity index (χ3n) is 13.2. The lowest BCUT2D eigenvalue weighted by atomic mass is 9.71. The number of rotatable bonds is 7. The maximum absolute atomic E-state index is 14.7. The van der Waals surface area contributed by atoms with E-state index < -0.39 is 35.1 Å². The minimum Gasteiger partial charge on any atom is -0.507 e. The van der Waals surface area contributed by atoms with Crippen LogP contribution in [0.2, 0.25) is 0 Å². The number of nitrogens with two attached hydrogens (primary N) is 1. The maximum atomic E-state index is 14.7. The molecule has 0 aliphatic carbocycles. The Morgan fingerprint density at radius 2 is 1.39 bits per heavy atom. The lowest BCUT2D eigenvalue weighted by Crippen LogP contribution is -2.56. The fourth-order valence-electron chi connectivity index (χ4n) is 9.71. The van der Waals surface area contributed by atoms with E-state index in [1.165, 1.54) is 0 Å². The average molecular weight is 826 g/mol. The molecule has 0 saturated carbocycles. The van der Waals surface area contributed by atoms with Crippen LogP contribution in [-0.4, -0.2) is 124 Å². The number of nitrogens with zero attached hydrogens (tertiary/aromatic N) is 7. The van der Waals surface area contributed by atoms with Gasteiger partial charge in [0.2, 0.25) is 23.6 Å². The number of phenols is 1. The highest BCUT2D eigenvalue weighted by Gasteiger charge is 2.47. The molecule has 6 heterocycles. The molecule has 5 aliphatic heterocycles. The molecule has 4 N–H and O–H groups in total. The number of nitrogen functional groups attached to an aromatic ring is 1. The van der Waals surface area contributed by atoms with Crippen LogP contribution in [0.15, 0.2) is 78.9 Å². The summed E-state index contributed by atoms with van der Waals surface area (Å²) in [5, 5.41) is 21.1. The molecule has 314 valence electrons. The fraction of sp³-hybridized carbons (Fsp3) is 0.378. The molecule has 16 nitrogen and oxygen atoms in total. The summed E-state index contributed by atoms with van der Waals surface area (Å²) in [6.07, 6.45) is 2.40. The van der Waals surface area contributed by atoms with Crippen LogP contribution in [-0.2, 0) is 24.6 Å². The van der Waals surface area contributed by atoms with E-state index in [-0.39, 0.29) is 53.3 Å². The standard InChI is InChI=1S/C45H47N9O7/c46-39-36(27-34(48-49-39)32-8-4-5-9-37(32)55)51-20-16-45(17-21-51,29-6-2-1-3-7-29)44(61)53-18-14-28(15-19-53)41(58)52-24-22-50(23-25-52)30-10-11-31-33(26-30)43(60)54(42(31)59)35-12-13-38(56)47-40(35)57/h1-11,26-28,35,55H,12-25H2,(H2,46,49)(H,47,56,57). The summed E-state index contributed by atoms with van der Waals surface area (Å²) in [5.74, 6) is -1.84. The number of imide groups is 2. The molecule has 4 aromatic rings. The van der Waals surface area contributed by atoms with Crippen LogP contribution in [0.3, 0.4) is 0 Å². The fourth-order valence-corrected chi connectivity index (χ4v) is 9.71. The lowest BCUT2D eigenvalue weighted by molar-refractivity contribution is -0.144. The first-order valence-electron chi connectivity index (χ1n) is 20.9. The molecule has 61 heavy (non-hydrogen) atoms. The molecule has 1 unspecified atom stereocenters. The first-order chi connectivity index (χ1) is 29.5. The van der Waals surface area contributed by atoms with Gasteiger partial charge in [-0.2, -0.15) is 0 Å². The Morgan fingerprint density at radius 3 is 2.10 bits per heavy atom. The van der Waals surface area contributed by atoms with Crippen molar-refractivity contribution in [2.75, 3.05) is 67.9 Å². The molecule has 0 radical (unpaired) electrons. The molecule has 9 rings (SSSR count). The SMILES string of the molecule is Nc1nnc(-c2ccccc2O)cc1N1CCC(C(=O)N2CCC(C(=O)N3CCN(c4ccc5c(c4)C(=O)N(C4CCC(=O)NC4=O)C5=O)CC3)CC2)(c2ccccc2)CC1. The van der Waals surface area contributed by atoms with Gasteiger partial charge >= 0.3 is 0 Å². The van der Waals surface area contributed by atoms with Gasteiger partial charge in [-0.05, 0) is 74.1 Å². The number of piperidine rings is 3. The van der Waals surface area contributed by atoms with Crippen LogP contribution < -0.4 is 20.9 Å². The van der Waals surface area contributed by atoms with Gasteiger partial charge in [-0.1, -0.05) is 42.5 Å². The highest BCUT2D eigenvalue weighted by molar-refractivity contribution is 6.23. The molecule has 5 aliphatic rings. The third-order valence-corrected chi connectivity index (χ3v) is 13.2. The maximum Gasteiger partial charge on any atom is 0.262 e. The van der Waals surface area contributed by atoms with Crippen LogP contribution in [0.25, 0.3) is 11.3 Å². The Labute approximate surface area is 352 Å². The number of hydrogen-bond acceptors (Lipinski definition) is 12. The number of phenolic OH excluding ortho intramolecular Hbond substituents is 1. The zero-order valence-electron chi connectivity index (χ0n) is 33.7. The minimum absolute atomic E-state index is 0.0535. The van der Waals surface area contributed by atoms with E-state index in [1.807, 2.05) is 52.3 Å². The van der Waals surface area contributed by atoms with Crippen LogP contribution >= 0.6 is 0 Å². The molecule has 0 bridgehead atoms. The van der Waals surface area contributed by atoms with Crippen molar-refractivity contribution in [3.63, 3.8) is 0 Å². The van der Waals surface area contributed by atoms with Gasteiger partial charge in [0.05, 0.1) is 27.9 Å². The molecule has 4 saturated heterocycles. The molecule has 16 heteroatoms. The molecule has 4 fully saturated rings. The first kappa shape index (κ1) is 39.6. The Kier molecular flexibility index (Phi) is 10.4. The number of aromatic hydroxyl groups is 1. The smallest absolute Gasteiger partial charge is 0.262 e. The number of nitrogens with one attached hydrogen (secondary N) is 1. The number of likely N-dealkylation sites (tertiary alicyclic amines) is 1. The number of para-hydroxylation sites is 1. The highest BCUT2D eigenvalue weighted by atomic mass is 16.3. The van der Waals surface area contributed by atoms with Crippen molar-refractivity contribution in [3.8, 4) is 17.0 Å². The van der Waals surface area contributed by atoms with E-state index in [9.17, 15) is 33.9 Å². The molecule has 6 amide bonds. The van der Waals surface area contributed by atoms with Gasteiger partial charge in [-0.3, -0.25) is 39.0 Å². The number of carbonyl (C=O) groups is 6. The number of piperazine rings is 1. The van der Waals surface area contributed by atoms with E-state index >= 15 is 0 Å². The van der Waals surface area contributed by atoms with Crippen LogP contribution in [0, 0.1) is 5.92 Å². The molecular weight excluding hydrogens is 779 g/mol. The van der Waals surface area contributed by atoms with Crippen molar-refractivity contribution < 1.29 is 33.9 Å². The molecule has 1 aromatic heterocycles. The van der Waals surface area contributed by atoms with E-state index in [0.717, 1.165) is 16.2 Å². The zero-order chi connectivity index (χ0) is 42.4. The number of amides is 6. The highest BCUT2D eigenvalue weighted by Crippen LogP contribution is 2.41. The number of hydrogen-bond donors (Lipinski definition) is 3. The summed E-state index contributed by atoms with van der Waals surface area (Å²) < 4.78 is 0. The second kappa shape index (κ2) is 16.0. The van der Waals surface area contributed by atoms with Crippen LogP contribution in [0.4, 0.5) is 17.2 Å². The number of anilines is 3. The molecule has 3 aromatic carbocycles. The van der Waals surface area contributed by atoms with Crippen molar-refractivity contribution >= 4 is 52.6 Å². The van der Waals surface area contributed by atoms with Crippen molar-refractivity contribution in [1.82, 2.24) is 30.2 Å². The van der Waals surface area contributed by atoms with E-state index in [0.29, 0.717) is 95.0 Å².